The zero-order valence-corrected chi connectivity index (χ0v) is 19.2. The summed E-state index contributed by atoms with van der Waals surface area (Å²) in [5, 5.41) is 23.1. The van der Waals surface area contributed by atoms with E-state index in [-0.39, 0.29) is 18.6 Å². The highest BCUT2D eigenvalue weighted by Gasteiger charge is 2.47. The van der Waals surface area contributed by atoms with Crippen LogP contribution < -0.4 is 10.1 Å². The van der Waals surface area contributed by atoms with Crippen LogP contribution in [0.4, 0.5) is 0 Å². The fourth-order valence-corrected chi connectivity index (χ4v) is 4.75. The van der Waals surface area contributed by atoms with E-state index in [0.717, 1.165) is 22.6 Å². The van der Waals surface area contributed by atoms with Crippen LogP contribution >= 0.6 is 0 Å². The van der Waals surface area contributed by atoms with Crippen LogP contribution in [0.3, 0.4) is 0 Å². The van der Waals surface area contributed by atoms with Gasteiger partial charge in [0.25, 0.3) is 0 Å². The fourth-order valence-electron chi connectivity index (χ4n) is 4.75. The molecule has 3 unspecified atom stereocenters. The first-order valence-electron chi connectivity index (χ1n) is 11.5. The molecule has 0 saturated carbocycles. The number of aliphatic hydroxyl groups excluding tert-OH is 2. The van der Waals surface area contributed by atoms with Gasteiger partial charge < -0.3 is 25.0 Å². The normalized spacial score (nSPS) is 16.8. The third kappa shape index (κ3) is 4.98. The van der Waals surface area contributed by atoms with E-state index in [1.165, 1.54) is 0 Å². The number of carbonyl (C=O) groups is 1. The first-order valence-corrected chi connectivity index (χ1v) is 11.5. The van der Waals surface area contributed by atoms with E-state index in [1.54, 1.807) is 0 Å². The van der Waals surface area contributed by atoms with Crippen molar-refractivity contribution in [1.82, 2.24) is 5.32 Å². The third-order valence-electron chi connectivity index (χ3n) is 6.43. The molecule has 6 nitrogen and oxygen atoms in total. The van der Waals surface area contributed by atoms with Gasteiger partial charge in [-0.3, -0.25) is 4.79 Å². The van der Waals surface area contributed by atoms with E-state index >= 15 is 0 Å². The minimum Gasteiger partial charge on any atom is -0.457 e. The van der Waals surface area contributed by atoms with E-state index in [9.17, 15) is 9.90 Å². The zero-order chi connectivity index (χ0) is 23.1. The van der Waals surface area contributed by atoms with E-state index in [1.807, 2.05) is 69.3 Å². The zero-order valence-electron chi connectivity index (χ0n) is 19.2. The Balaban J connectivity index is 2.00. The lowest BCUT2D eigenvalue weighted by atomic mass is 9.67. The van der Waals surface area contributed by atoms with Gasteiger partial charge in [0.05, 0.1) is 6.10 Å². The van der Waals surface area contributed by atoms with Crippen LogP contribution in [0.25, 0.3) is 0 Å². The number of amides is 1. The number of aliphatic hydroxyl groups is 2. The number of nitrogens with one attached hydrogen (secondary N) is 1. The molecule has 0 aromatic heterocycles. The van der Waals surface area contributed by atoms with Gasteiger partial charge in [-0.1, -0.05) is 50.2 Å². The van der Waals surface area contributed by atoms with Gasteiger partial charge in [-0.15, -0.1) is 0 Å². The molecule has 6 heteroatoms. The molecule has 3 rings (SSSR count). The molecule has 2 aromatic carbocycles. The maximum Gasteiger partial charge on any atom is 0.249 e. The molecule has 3 N–H and O–H groups in total. The molecule has 0 aliphatic carbocycles. The molecule has 32 heavy (non-hydrogen) atoms. The standard InChI is InChI=1S/C26H35NO5/c1-4-23(31-5-2)26(3,24(29)25(30)27-15-10-16-28)17-20-18-11-6-8-13-21(18)32-22-14-9-7-12-19(20)22/h6-9,11-14,20,23-24,28-29H,4-5,10,15-17H2,1-3H3,(H,27,30). The number of hydrogen-bond acceptors (Lipinski definition) is 5. The Bertz CT molecular complexity index is 856. The molecule has 0 saturated heterocycles. The molecule has 3 atom stereocenters. The molecule has 0 bridgehead atoms. The van der Waals surface area contributed by atoms with Gasteiger partial charge in [-0.2, -0.15) is 0 Å². The predicted octanol–water partition coefficient (Wildman–Crippen LogP) is 4.00. The summed E-state index contributed by atoms with van der Waals surface area (Å²) in [6.07, 6.45) is 0.0431. The highest BCUT2D eigenvalue weighted by Crippen LogP contribution is 2.50. The third-order valence-corrected chi connectivity index (χ3v) is 6.43. The van der Waals surface area contributed by atoms with Gasteiger partial charge in [0.1, 0.15) is 17.6 Å². The topological polar surface area (TPSA) is 88.0 Å². The smallest absolute Gasteiger partial charge is 0.249 e. The van der Waals surface area contributed by atoms with E-state index < -0.39 is 17.4 Å². The van der Waals surface area contributed by atoms with Crippen LogP contribution in [0.2, 0.25) is 0 Å². The molecular formula is C26H35NO5. The SMILES string of the molecule is CCOC(CC)C(C)(CC1c2ccccc2Oc2ccccc21)C(O)C(=O)NCCCO. The number of rotatable bonds is 11. The van der Waals surface area contributed by atoms with Crippen molar-refractivity contribution in [2.45, 2.75) is 58.2 Å². The Labute approximate surface area is 190 Å². The molecule has 0 fully saturated rings. The quantitative estimate of drug-likeness (QED) is 0.459. The molecule has 1 aliphatic heterocycles. The van der Waals surface area contributed by atoms with Crippen molar-refractivity contribution in [3.63, 3.8) is 0 Å². The number of ether oxygens (including phenoxy) is 2. The van der Waals surface area contributed by atoms with Crippen LogP contribution in [-0.4, -0.2) is 48.1 Å². The Morgan fingerprint density at radius 2 is 1.72 bits per heavy atom. The van der Waals surface area contributed by atoms with Gasteiger partial charge in [-0.05, 0) is 38.3 Å². The van der Waals surface area contributed by atoms with Crippen molar-refractivity contribution >= 4 is 5.91 Å². The maximum absolute atomic E-state index is 12.9. The minimum absolute atomic E-state index is 0.0141. The number of carbonyl (C=O) groups excluding carboxylic acids is 1. The first kappa shape index (κ1) is 24.2. The number of para-hydroxylation sites is 2. The largest absolute Gasteiger partial charge is 0.457 e. The molecule has 0 radical (unpaired) electrons. The van der Waals surface area contributed by atoms with Gasteiger partial charge >= 0.3 is 0 Å². The van der Waals surface area contributed by atoms with Crippen LogP contribution in [-0.2, 0) is 9.53 Å². The van der Waals surface area contributed by atoms with Crippen molar-refractivity contribution in [1.29, 1.82) is 0 Å². The van der Waals surface area contributed by atoms with Crippen molar-refractivity contribution in [2.75, 3.05) is 19.8 Å². The highest BCUT2D eigenvalue weighted by atomic mass is 16.5. The van der Waals surface area contributed by atoms with Crippen molar-refractivity contribution in [3.8, 4) is 11.5 Å². The van der Waals surface area contributed by atoms with Crippen molar-refractivity contribution in [3.05, 3.63) is 59.7 Å². The average molecular weight is 442 g/mol. The summed E-state index contributed by atoms with van der Waals surface area (Å²) in [7, 11) is 0. The lowest BCUT2D eigenvalue weighted by Gasteiger charge is -2.43. The van der Waals surface area contributed by atoms with E-state index in [4.69, 9.17) is 14.6 Å². The minimum atomic E-state index is -1.26. The second kappa shape index (κ2) is 10.9. The summed E-state index contributed by atoms with van der Waals surface area (Å²) >= 11 is 0. The molecular weight excluding hydrogens is 406 g/mol. The van der Waals surface area contributed by atoms with Crippen LogP contribution in [0.15, 0.2) is 48.5 Å². The average Bonchev–Trinajstić information content (AvgIpc) is 2.81. The Hall–Kier alpha value is -2.41. The Morgan fingerprint density at radius 1 is 1.12 bits per heavy atom. The van der Waals surface area contributed by atoms with E-state index in [0.29, 0.717) is 32.4 Å². The van der Waals surface area contributed by atoms with Crippen molar-refractivity contribution < 1.29 is 24.5 Å². The number of benzene rings is 2. The molecule has 1 amide bonds. The van der Waals surface area contributed by atoms with Gasteiger partial charge in [0.2, 0.25) is 5.91 Å². The van der Waals surface area contributed by atoms with Gasteiger partial charge in [0.15, 0.2) is 0 Å². The molecule has 0 spiro atoms. The summed E-state index contributed by atoms with van der Waals surface area (Å²) in [6.45, 7) is 6.68. The second-order valence-corrected chi connectivity index (χ2v) is 8.56. The van der Waals surface area contributed by atoms with Crippen LogP contribution in [0.1, 0.15) is 57.1 Å². The Morgan fingerprint density at radius 3 is 2.25 bits per heavy atom. The summed E-state index contributed by atoms with van der Waals surface area (Å²) in [4.78, 5) is 12.9. The lowest BCUT2D eigenvalue weighted by Crippen LogP contribution is -2.52. The maximum atomic E-state index is 12.9. The molecule has 1 aliphatic rings. The van der Waals surface area contributed by atoms with Gasteiger partial charge in [-0.25, -0.2) is 0 Å². The number of hydrogen-bond donors (Lipinski definition) is 3. The van der Waals surface area contributed by atoms with Gasteiger partial charge in [0, 0.05) is 42.2 Å². The number of fused-ring (bicyclic) bond motifs is 2. The summed E-state index contributed by atoms with van der Waals surface area (Å²) < 4.78 is 12.2. The van der Waals surface area contributed by atoms with E-state index in [2.05, 4.69) is 5.32 Å². The summed E-state index contributed by atoms with van der Waals surface area (Å²) in [5.41, 5.74) is 1.23. The lowest BCUT2D eigenvalue weighted by molar-refractivity contribution is -0.148. The molecule has 1 heterocycles. The summed E-state index contributed by atoms with van der Waals surface area (Å²) in [6, 6.07) is 15.9. The summed E-state index contributed by atoms with van der Waals surface area (Å²) in [5.74, 6) is 1.10. The highest BCUT2D eigenvalue weighted by molar-refractivity contribution is 5.81. The predicted molar refractivity (Wildman–Crippen MR) is 124 cm³/mol. The fraction of sp³-hybridized carbons (Fsp3) is 0.500. The Kier molecular flexibility index (Phi) is 8.29. The second-order valence-electron chi connectivity index (χ2n) is 8.56. The van der Waals surface area contributed by atoms with Crippen LogP contribution in [0.5, 0.6) is 11.5 Å². The molecule has 2 aromatic rings. The molecule has 174 valence electrons. The first-order chi connectivity index (χ1) is 15.5. The monoisotopic (exact) mass is 441 g/mol. The van der Waals surface area contributed by atoms with Crippen molar-refractivity contribution in [2.24, 2.45) is 5.41 Å². The van der Waals surface area contributed by atoms with Crippen LogP contribution in [0, 0.1) is 5.41 Å².